The van der Waals surface area contributed by atoms with Crippen LogP contribution in [0.15, 0.2) is 29.0 Å². The maximum atomic E-state index is 11.6. The number of carboxylic acids is 1. The highest BCUT2D eigenvalue weighted by Gasteiger charge is 2.21. The molecule has 0 fully saturated rings. The zero-order valence-corrected chi connectivity index (χ0v) is 17.5. The quantitative estimate of drug-likeness (QED) is 0.421. The van der Waals surface area contributed by atoms with Crippen LogP contribution in [0.25, 0.3) is 27.2 Å². The predicted octanol–water partition coefficient (Wildman–Crippen LogP) is 3.84. The van der Waals surface area contributed by atoms with Crippen molar-refractivity contribution in [2.45, 2.75) is 20.8 Å². The van der Waals surface area contributed by atoms with Crippen LogP contribution in [0.4, 0.5) is 0 Å². The molecule has 4 rings (SSSR count). The molecule has 4 aromatic heterocycles. The zero-order chi connectivity index (χ0) is 21.3. The third-order valence-electron chi connectivity index (χ3n) is 4.53. The highest BCUT2D eigenvalue weighted by molar-refractivity contribution is 7.17. The van der Waals surface area contributed by atoms with Crippen LogP contribution in [0.1, 0.15) is 28.0 Å². The summed E-state index contributed by atoms with van der Waals surface area (Å²) in [5.74, 6) is -0.270. The van der Waals surface area contributed by atoms with E-state index in [4.69, 9.17) is 14.0 Å². The summed E-state index contributed by atoms with van der Waals surface area (Å²) in [5.41, 5.74) is 4.17. The van der Waals surface area contributed by atoms with Gasteiger partial charge in [0.25, 0.3) is 0 Å². The van der Waals surface area contributed by atoms with Gasteiger partial charge in [0.15, 0.2) is 4.88 Å². The number of rotatable bonds is 8. The first-order valence-corrected chi connectivity index (χ1v) is 10.2. The molecule has 4 heterocycles. The van der Waals surface area contributed by atoms with Gasteiger partial charge in [-0.05, 0) is 32.9 Å². The number of nitrogens with zero attached hydrogens (tertiary/aromatic N) is 4. The van der Waals surface area contributed by atoms with Gasteiger partial charge in [-0.2, -0.15) is 5.10 Å². The van der Waals surface area contributed by atoms with E-state index < -0.39 is 5.97 Å². The van der Waals surface area contributed by atoms with Crippen LogP contribution >= 0.6 is 11.3 Å². The number of fused-ring (bicyclic) bond motifs is 1. The van der Waals surface area contributed by atoms with Crippen LogP contribution in [0.5, 0.6) is 5.88 Å². The van der Waals surface area contributed by atoms with Crippen LogP contribution in [0, 0.1) is 13.8 Å². The summed E-state index contributed by atoms with van der Waals surface area (Å²) in [7, 11) is 0. The fourth-order valence-corrected chi connectivity index (χ4v) is 4.02. The van der Waals surface area contributed by atoms with Gasteiger partial charge in [0, 0.05) is 23.9 Å². The van der Waals surface area contributed by atoms with Gasteiger partial charge in [-0.25, -0.2) is 14.3 Å². The van der Waals surface area contributed by atoms with Crippen molar-refractivity contribution in [2.24, 2.45) is 0 Å². The molecule has 0 atom stereocenters. The van der Waals surface area contributed by atoms with E-state index in [2.05, 4.69) is 15.2 Å². The van der Waals surface area contributed by atoms with Crippen molar-refractivity contribution in [3.05, 3.63) is 40.9 Å². The summed E-state index contributed by atoms with van der Waals surface area (Å²) in [6.45, 7) is 6.78. The SMILES string of the molecule is CCOCCOc1nc(-c2ccn3ncc(-c4c(C)noc4C)c3c2)sc1C(=O)O. The molecule has 10 heteroatoms. The van der Waals surface area contributed by atoms with Crippen molar-refractivity contribution in [3.8, 4) is 27.6 Å². The number of ether oxygens (including phenoxy) is 2. The van der Waals surface area contributed by atoms with Crippen LogP contribution < -0.4 is 4.74 Å². The lowest BCUT2D eigenvalue weighted by Crippen LogP contribution is -2.08. The first kappa shape index (κ1) is 20.0. The van der Waals surface area contributed by atoms with Crippen molar-refractivity contribution in [2.75, 3.05) is 19.8 Å². The predicted molar refractivity (Wildman–Crippen MR) is 110 cm³/mol. The molecule has 4 aromatic rings. The van der Waals surface area contributed by atoms with Crippen molar-refractivity contribution in [1.29, 1.82) is 0 Å². The summed E-state index contributed by atoms with van der Waals surface area (Å²) in [4.78, 5) is 16.1. The monoisotopic (exact) mass is 428 g/mol. The molecule has 1 N–H and O–H groups in total. The number of pyridine rings is 1. The van der Waals surface area contributed by atoms with Gasteiger partial charge in [0.05, 0.1) is 29.6 Å². The number of hydrogen-bond donors (Lipinski definition) is 1. The van der Waals surface area contributed by atoms with E-state index in [0.29, 0.717) is 24.0 Å². The van der Waals surface area contributed by atoms with Crippen molar-refractivity contribution in [3.63, 3.8) is 0 Å². The Hall–Kier alpha value is -3.24. The Morgan fingerprint density at radius 2 is 2.17 bits per heavy atom. The van der Waals surface area contributed by atoms with E-state index in [-0.39, 0.29) is 17.4 Å². The van der Waals surface area contributed by atoms with E-state index in [1.165, 1.54) is 0 Å². The Balaban J connectivity index is 1.73. The number of aromatic carboxylic acids is 1. The molecule has 0 aliphatic rings. The maximum absolute atomic E-state index is 11.6. The Morgan fingerprint density at radius 3 is 2.87 bits per heavy atom. The van der Waals surface area contributed by atoms with Crippen molar-refractivity contribution < 1.29 is 23.9 Å². The molecule has 0 saturated heterocycles. The van der Waals surface area contributed by atoms with Gasteiger partial charge in [0.1, 0.15) is 17.4 Å². The van der Waals surface area contributed by atoms with Crippen LogP contribution in [-0.4, -0.2) is 50.7 Å². The first-order valence-electron chi connectivity index (χ1n) is 9.35. The van der Waals surface area contributed by atoms with Crippen LogP contribution in [0.2, 0.25) is 0 Å². The number of carbonyl (C=O) groups is 1. The maximum Gasteiger partial charge on any atom is 0.351 e. The third-order valence-corrected chi connectivity index (χ3v) is 5.61. The summed E-state index contributed by atoms with van der Waals surface area (Å²) in [6.07, 6.45) is 3.57. The number of aromatic nitrogens is 4. The number of thiazole rings is 1. The lowest BCUT2D eigenvalue weighted by Gasteiger charge is -2.03. The summed E-state index contributed by atoms with van der Waals surface area (Å²) < 4.78 is 17.8. The van der Waals surface area contributed by atoms with Gasteiger partial charge in [-0.3, -0.25) is 0 Å². The van der Waals surface area contributed by atoms with Gasteiger partial charge < -0.3 is 19.1 Å². The highest BCUT2D eigenvalue weighted by atomic mass is 32.1. The fraction of sp³-hybridized carbons (Fsp3) is 0.300. The number of aryl methyl sites for hydroxylation is 2. The molecular weight excluding hydrogens is 408 g/mol. The topological polar surface area (TPSA) is 112 Å². The molecule has 0 aliphatic heterocycles. The standard InChI is InChI=1S/C20H20N4O5S/c1-4-27-7-8-28-18-17(20(25)26)30-19(22-18)13-5-6-24-15(9-13)14(10-21-24)16-11(2)23-29-12(16)3/h5-6,9-10H,4,7-8H2,1-3H3,(H,25,26). The molecule has 0 spiro atoms. The Kier molecular flexibility index (Phi) is 5.51. The number of carboxylic acid groups (broad SMARTS) is 1. The second-order valence-corrected chi connectivity index (χ2v) is 7.51. The number of hydrogen-bond acceptors (Lipinski definition) is 8. The molecule has 0 radical (unpaired) electrons. The molecule has 156 valence electrons. The second kappa shape index (κ2) is 8.25. The van der Waals surface area contributed by atoms with E-state index in [0.717, 1.165) is 39.2 Å². The molecule has 9 nitrogen and oxygen atoms in total. The van der Waals surface area contributed by atoms with Crippen molar-refractivity contribution >= 4 is 22.8 Å². The van der Waals surface area contributed by atoms with Crippen LogP contribution in [0.3, 0.4) is 0 Å². The lowest BCUT2D eigenvalue weighted by molar-refractivity contribution is 0.0691. The fourth-order valence-electron chi connectivity index (χ4n) is 3.18. The summed E-state index contributed by atoms with van der Waals surface area (Å²) in [6, 6.07) is 3.76. The molecule has 0 amide bonds. The third kappa shape index (κ3) is 3.66. The summed E-state index contributed by atoms with van der Waals surface area (Å²) >= 11 is 1.07. The van der Waals surface area contributed by atoms with E-state index in [9.17, 15) is 9.90 Å². The highest BCUT2D eigenvalue weighted by Crippen LogP contribution is 2.36. The molecule has 0 saturated carbocycles. The minimum absolute atomic E-state index is 0.0563. The average molecular weight is 428 g/mol. The minimum atomic E-state index is -1.08. The lowest BCUT2D eigenvalue weighted by atomic mass is 10.1. The van der Waals surface area contributed by atoms with E-state index in [1.54, 1.807) is 10.7 Å². The van der Waals surface area contributed by atoms with Gasteiger partial charge in [0.2, 0.25) is 5.88 Å². The average Bonchev–Trinajstić information content (AvgIpc) is 3.42. The molecule has 0 aromatic carbocycles. The van der Waals surface area contributed by atoms with Crippen LogP contribution in [-0.2, 0) is 4.74 Å². The van der Waals surface area contributed by atoms with Gasteiger partial charge >= 0.3 is 5.97 Å². The van der Waals surface area contributed by atoms with Gasteiger partial charge in [-0.1, -0.05) is 5.16 Å². The molecule has 30 heavy (non-hydrogen) atoms. The molecular formula is C20H20N4O5S. The minimum Gasteiger partial charge on any atom is -0.477 e. The Morgan fingerprint density at radius 1 is 1.33 bits per heavy atom. The van der Waals surface area contributed by atoms with Gasteiger partial charge in [-0.15, -0.1) is 11.3 Å². The zero-order valence-electron chi connectivity index (χ0n) is 16.7. The second-order valence-electron chi connectivity index (χ2n) is 6.51. The molecule has 0 unspecified atom stereocenters. The Labute approximate surface area is 175 Å². The molecule has 0 aliphatic carbocycles. The largest absolute Gasteiger partial charge is 0.477 e. The first-order chi connectivity index (χ1) is 14.5. The van der Waals surface area contributed by atoms with E-state index >= 15 is 0 Å². The normalized spacial score (nSPS) is 11.3. The van der Waals surface area contributed by atoms with E-state index in [1.807, 2.05) is 39.1 Å². The summed E-state index contributed by atoms with van der Waals surface area (Å²) in [5, 5.41) is 18.5. The molecule has 0 bridgehead atoms. The van der Waals surface area contributed by atoms with Crippen molar-refractivity contribution in [1.82, 2.24) is 19.8 Å². The smallest absolute Gasteiger partial charge is 0.351 e. The Bertz CT molecular complexity index is 1190.